The van der Waals surface area contributed by atoms with Crippen molar-refractivity contribution in [2.24, 2.45) is 5.92 Å². The molecule has 7 nitrogen and oxygen atoms in total. The number of β-lactam (4-membered cyclic amide) rings is 1. The van der Waals surface area contributed by atoms with Gasteiger partial charge in [0.1, 0.15) is 17.1 Å². The molecule has 1 heterocycles. The average molecular weight is 410 g/mol. The van der Waals surface area contributed by atoms with Crippen LogP contribution in [-0.2, 0) is 14.0 Å². The Kier molecular flexibility index (Phi) is 6.77. The van der Waals surface area contributed by atoms with Crippen molar-refractivity contribution in [3.05, 3.63) is 23.8 Å². The number of amides is 1. The summed E-state index contributed by atoms with van der Waals surface area (Å²) in [6, 6.07) is 5.03. The Morgan fingerprint density at radius 3 is 2.18 bits per heavy atom. The van der Waals surface area contributed by atoms with Gasteiger partial charge in [-0.05, 0) is 36.7 Å². The van der Waals surface area contributed by atoms with Crippen LogP contribution in [0.25, 0.3) is 0 Å². The lowest BCUT2D eigenvalue weighted by molar-refractivity contribution is -0.148. The first kappa shape index (κ1) is 22.2. The Morgan fingerprint density at radius 2 is 1.71 bits per heavy atom. The highest BCUT2D eigenvalue weighted by Crippen LogP contribution is 2.37. The van der Waals surface area contributed by atoms with Gasteiger partial charge in [-0.25, -0.2) is 4.79 Å². The van der Waals surface area contributed by atoms with Crippen LogP contribution >= 0.6 is 0 Å². The fourth-order valence-corrected chi connectivity index (χ4v) is 3.73. The van der Waals surface area contributed by atoms with Crippen LogP contribution in [0.15, 0.2) is 18.2 Å². The number of hydrogen-bond donors (Lipinski definition) is 1. The summed E-state index contributed by atoms with van der Waals surface area (Å²) in [7, 11) is 1.05. The van der Waals surface area contributed by atoms with Crippen LogP contribution in [0.1, 0.15) is 37.6 Å². The van der Waals surface area contributed by atoms with E-state index in [1.807, 2.05) is 0 Å². The monoisotopic (exact) mass is 409 g/mol. The lowest BCUT2D eigenvalue weighted by Crippen LogP contribution is -2.60. The van der Waals surface area contributed by atoms with E-state index >= 15 is 0 Å². The second kappa shape index (κ2) is 8.53. The van der Waals surface area contributed by atoms with Crippen molar-refractivity contribution in [2.75, 3.05) is 20.8 Å². The number of rotatable bonds is 8. The van der Waals surface area contributed by atoms with Crippen molar-refractivity contribution in [1.82, 2.24) is 5.32 Å². The number of carbonyl (C=O) groups is 2. The van der Waals surface area contributed by atoms with Crippen LogP contribution in [0, 0.1) is 5.92 Å². The van der Waals surface area contributed by atoms with Gasteiger partial charge in [0.2, 0.25) is 5.91 Å². The minimum atomic E-state index is -1.89. The predicted octanol–water partition coefficient (Wildman–Crippen LogP) is 3.34. The van der Waals surface area contributed by atoms with Crippen molar-refractivity contribution < 1.29 is 28.2 Å². The van der Waals surface area contributed by atoms with Gasteiger partial charge in [-0.2, -0.15) is 0 Å². The van der Waals surface area contributed by atoms with Gasteiger partial charge in [-0.3, -0.25) is 4.79 Å². The van der Waals surface area contributed by atoms with Gasteiger partial charge < -0.3 is 24.0 Å². The van der Waals surface area contributed by atoms with Crippen LogP contribution in [-0.4, -0.2) is 47.2 Å². The van der Waals surface area contributed by atoms with Crippen molar-refractivity contribution in [1.29, 1.82) is 0 Å². The van der Waals surface area contributed by atoms with Crippen LogP contribution in [0.2, 0.25) is 18.1 Å². The highest BCUT2D eigenvalue weighted by atomic mass is 28.4. The van der Waals surface area contributed by atoms with Crippen molar-refractivity contribution in [2.45, 2.75) is 51.6 Å². The molecule has 0 radical (unpaired) electrons. The number of hydrogen-bond acceptors (Lipinski definition) is 6. The molecule has 1 amide bonds. The lowest BCUT2D eigenvalue weighted by atomic mass is 9.95. The summed E-state index contributed by atoms with van der Waals surface area (Å²) in [4.78, 5) is 24.6. The third-order valence-electron chi connectivity index (χ3n) is 5.55. The fourth-order valence-electron chi connectivity index (χ4n) is 2.67. The normalized spacial score (nSPS) is 19.5. The number of nitrogens with one attached hydrogen (secondary N) is 1. The SMILES string of the molecule is COc1cccc(OC)c1C(=O)O[C@H]1NC(=O)[C@@H]1CCO[Si](C)(C)C(C)(C)C. The molecule has 1 aliphatic rings. The molecule has 2 atom stereocenters. The average Bonchev–Trinajstić information content (AvgIpc) is 2.62. The Morgan fingerprint density at radius 1 is 1.14 bits per heavy atom. The molecule has 1 aromatic rings. The van der Waals surface area contributed by atoms with Crippen LogP contribution < -0.4 is 14.8 Å². The van der Waals surface area contributed by atoms with Crippen LogP contribution in [0.4, 0.5) is 0 Å². The zero-order valence-electron chi connectivity index (χ0n) is 17.8. The maximum Gasteiger partial charge on any atom is 0.347 e. The van der Waals surface area contributed by atoms with E-state index < -0.39 is 26.4 Å². The van der Waals surface area contributed by atoms with Crippen molar-refractivity contribution >= 4 is 20.2 Å². The molecule has 0 aliphatic carbocycles. The minimum absolute atomic E-state index is 0.0984. The molecule has 0 unspecified atom stereocenters. The Balaban J connectivity index is 2.00. The first-order chi connectivity index (χ1) is 13.0. The molecule has 8 heteroatoms. The zero-order chi connectivity index (χ0) is 21.1. The maximum absolute atomic E-state index is 12.7. The highest BCUT2D eigenvalue weighted by Gasteiger charge is 2.43. The van der Waals surface area contributed by atoms with E-state index in [0.29, 0.717) is 24.5 Å². The van der Waals surface area contributed by atoms with Gasteiger partial charge in [-0.1, -0.05) is 26.8 Å². The fraction of sp³-hybridized carbons (Fsp3) is 0.600. The molecule has 1 aromatic carbocycles. The standard InChI is InChI=1S/C20H31NO6Si/c1-20(2,3)28(6,7)26-12-11-13-17(22)21-18(13)27-19(23)16-14(24-4)9-8-10-15(16)25-5/h8-10,13,18H,11-12H2,1-7H3,(H,21,22)/t13-,18+/m0/s1. The summed E-state index contributed by atoms with van der Waals surface area (Å²) in [6.07, 6.45) is -0.183. The molecule has 2 rings (SSSR count). The van der Waals surface area contributed by atoms with Gasteiger partial charge in [-0.15, -0.1) is 0 Å². The van der Waals surface area contributed by atoms with E-state index in [2.05, 4.69) is 39.2 Å². The Bertz CT molecular complexity index is 706. The van der Waals surface area contributed by atoms with Crippen LogP contribution in [0.5, 0.6) is 11.5 Å². The summed E-state index contributed by atoms with van der Waals surface area (Å²) >= 11 is 0. The number of ether oxygens (including phenoxy) is 3. The second-order valence-corrected chi connectivity index (χ2v) is 13.2. The van der Waals surface area contributed by atoms with E-state index in [0.717, 1.165) is 0 Å². The molecule has 0 aromatic heterocycles. The van der Waals surface area contributed by atoms with Crippen molar-refractivity contribution in [3.8, 4) is 11.5 Å². The first-order valence-electron chi connectivity index (χ1n) is 9.38. The molecule has 0 saturated carbocycles. The summed E-state index contributed by atoms with van der Waals surface area (Å²) in [5, 5.41) is 2.74. The van der Waals surface area contributed by atoms with Gasteiger partial charge in [0, 0.05) is 6.61 Å². The van der Waals surface area contributed by atoms with E-state index in [4.69, 9.17) is 18.6 Å². The third kappa shape index (κ3) is 4.67. The minimum Gasteiger partial charge on any atom is -0.496 e. The molecular formula is C20H31NO6Si. The van der Waals surface area contributed by atoms with Gasteiger partial charge in [0.25, 0.3) is 0 Å². The first-order valence-corrected chi connectivity index (χ1v) is 12.3. The molecule has 0 spiro atoms. The maximum atomic E-state index is 12.7. The number of esters is 1. The van der Waals surface area contributed by atoms with E-state index in [-0.39, 0.29) is 16.5 Å². The molecule has 0 bridgehead atoms. The van der Waals surface area contributed by atoms with Gasteiger partial charge in [0.05, 0.1) is 20.1 Å². The van der Waals surface area contributed by atoms with Crippen LogP contribution in [0.3, 0.4) is 0 Å². The Hall–Kier alpha value is -2.06. The topological polar surface area (TPSA) is 83.1 Å². The van der Waals surface area contributed by atoms with E-state index in [9.17, 15) is 9.59 Å². The molecule has 1 fully saturated rings. The third-order valence-corrected chi connectivity index (χ3v) is 10.1. The van der Waals surface area contributed by atoms with Crippen molar-refractivity contribution in [3.63, 3.8) is 0 Å². The molecule has 1 N–H and O–H groups in total. The van der Waals surface area contributed by atoms with E-state index in [1.165, 1.54) is 14.2 Å². The second-order valence-electron chi connectivity index (χ2n) is 8.38. The number of benzene rings is 1. The summed E-state index contributed by atoms with van der Waals surface area (Å²) in [6.45, 7) is 11.3. The quantitative estimate of drug-likeness (QED) is 0.403. The van der Waals surface area contributed by atoms with Gasteiger partial charge >= 0.3 is 5.97 Å². The van der Waals surface area contributed by atoms with E-state index in [1.54, 1.807) is 18.2 Å². The smallest absolute Gasteiger partial charge is 0.347 e. The zero-order valence-corrected chi connectivity index (χ0v) is 18.8. The molecular weight excluding hydrogens is 378 g/mol. The summed E-state index contributed by atoms with van der Waals surface area (Å²) in [5.41, 5.74) is 0.199. The molecule has 1 aliphatic heterocycles. The molecule has 1 saturated heterocycles. The number of carbonyl (C=O) groups excluding carboxylic acids is 2. The largest absolute Gasteiger partial charge is 0.496 e. The molecule has 28 heavy (non-hydrogen) atoms. The van der Waals surface area contributed by atoms with Gasteiger partial charge in [0.15, 0.2) is 14.5 Å². The summed E-state index contributed by atoms with van der Waals surface area (Å²) in [5.74, 6) is -0.451. The Labute approximate surface area is 167 Å². The molecule has 156 valence electrons. The number of methoxy groups -OCH3 is 2. The predicted molar refractivity (Wildman–Crippen MR) is 108 cm³/mol. The summed E-state index contributed by atoms with van der Waals surface area (Å²) < 4.78 is 22.1. The highest BCUT2D eigenvalue weighted by molar-refractivity contribution is 6.74. The lowest BCUT2D eigenvalue weighted by Gasteiger charge is -2.39.